The minimum Gasteiger partial charge on any atom is -0.455 e. The quantitative estimate of drug-likeness (QED) is 0.123. The van der Waals surface area contributed by atoms with Gasteiger partial charge in [0.05, 0.1) is 31.5 Å². The lowest BCUT2D eigenvalue weighted by atomic mass is 9.94. The zero-order valence-electron chi connectivity index (χ0n) is 41.5. The molecular weight excluding hydrogens is 754 g/mol. The van der Waals surface area contributed by atoms with E-state index in [2.05, 4.69) is 15.0 Å². The number of hydrogen-bond acceptors (Lipinski definition) is 5. The monoisotopic (exact) mass is 800 g/mol. The van der Waals surface area contributed by atoms with Gasteiger partial charge in [0.25, 0.3) is 0 Å². The molecule has 0 spiro atoms. The van der Waals surface area contributed by atoms with Crippen LogP contribution in [0.15, 0.2) is 156 Å². The van der Waals surface area contributed by atoms with Crippen LogP contribution in [-0.4, -0.2) is 15.0 Å². The summed E-state index contributed by atoms with van der Waals surface area (Å²) in [6, 6.07) is 29.9. The molecule has 0 aliphatic heterocycles. The van der Waals surface area contributed by atoms with Gasteiger partial charge in [0, 0.05) is 68.6 Å². The Kier molecular flexibility index (Phi) is 7.90. The highest BCUT2D eigenvalue weighted by molar-refractivity contribution is 6.09. The summed E-state index contributed by atoms with van der Waals surface area (Å²) in [4.78, 5) is 13.2. The van der Waals surface area contributed by atoms with Gasteiger partial charge in [-0.3, -0.25) is 15.0 Å². The highest BCUT2D eigenvalue weighted by Crippen LogP contribution is 2.36. The second-order valence-corrected chi connectivity index (χ2v) is 13.9. The van der Waals surface area contributed by atoms with Crippen molar-refractivity contribution < 1.29 is 31.3 Å². The van der Waals surface area contributed by atoms with E-state index in [9.17, 15) is 25.0 Å². The van der Waals surface area contributed by atoms with Crippen LogP contribution in [0.2, 0.25) is 0 Å². The predicted octanol–water partition coefficient (Wildman–Crippen LogP) is 12.4. The fourth-order valence-electron chi connectivity index (χ4n) is 6.69. The van der Waals surface area contributed by atoms with Crippen LogP contribution in [0, 0.1) is 28.8 Å². The number of hydrogen-bond donors (Lipinski definition) is 0. The minimum atomic E-state index is -3.22. The number of benzene rings is 5. The molecular formula is C52H37F3N4O. The Morgan fingerprint density at radius 2 is 1.17 bits per heavy atom. The number of furan rings is 1. The first kappa shape index (κ1) is 28.1. The van der Waals surface area contributed by atoms with Crippen LogP contribution in [0.3, 0.4) is 0 Å². The number of aromatic nitrogens is 3. The molecule has 0 saturated heterocycles. The van der Waals surface area contributed by atoms with E-state index in [4.69, 9.17) is 7.16 Å². The van der Waals surface area contributed by atoms with Crippen molar-refractivity contribution in [2.45, 2.75) is 38.3 Å². The van der Waals surface area contributed by atoms with Gasteiger partial charge in [-0.25, -0.2) is 13.2 Å². The number of nitrogens with zero attached hydrogens (tertiary/aromatic N) is 4. The average Bonchev–Trinajstić information content (AvgIpc) is 3.71. The summed E-state index contributed by atoms with van der Waals surface area (Å²) in [5.74, 6) is -2.04. The number of fused-ring (bicyclic) bond motifs is 3. The Labute approximate surface area is 359 Å². The summed E-state index contributed by atoms with van der Waals surface area (Å²) in [6.45, 7) is 0. The zero-order valence-corrected chi connectivity index (χ0v) is 31.5. The summed E-state index contributed by atoms with van der Waals surface area (Å²) in [5, 5.41) is 10.3. The number of aryl methyl sites for hydroxylation is 6. The lowest BCUT2D eigenvalue weighted by Crippen LogP contribution is -2.02. The summed E-state index contributed by atoms with van der Waals surface area (Å²) in [5.41, 5.74) is 1.60. The third-order valence-electron chi connectivity index (χ3n) is 9.79. The number of nitriles is 1. The SMILES string of the molecule is [2H]c1cc2c(oc3c(-c4cc(F)c(C([2H])([2H])C([2H])([2H])c5cc(C([2H])([2H])Cc6ccc(-c7ccc(F)cc7)nc6)cc(C([2H])([2H])Cc6ccc(-c7ccc(F)cc7)nc6)c5)cn4)cccc32)c([2H])c1C#N. The van der Waals surface area contributed by atoms with E-state index in [1.54, 1.807) is 66.7 Å². The molecule has 4 heterocycles. The molecule has 0 saturated carbocycles. The fourth-order valence-corrected chi connectivity index (χ4v) is 6.69. The number of para-hydroxylation sites is 1. The average molecular weight is 801 g/mol. The molecule has 292 valence electrons. The minimum absolute atomic E-state index is 0.0276. The molecule has 4 aromatic heterocycles. The summed E-state index contributed by atoms with van der Waals surface area (Å²) in [6.07, 6.45) is -7.99. The van der Waals surface area contributed by atoms with Crippen molar-refractivity contribution in [3.05, 3.63) is 208 Å². The molecule has 0 unspecified atom stereocenters. The summed E-state index contributed by atoms with van der Waals surface area (Å²) in [7, 11) is 0. The molecule has 60 heavy (non-hydrogen) atoms. The van der Waals surface area contributed by atoms with Crippen molar-refractivity contribution in [3.8, 4) is 39.8 Å². The second kappa shape index (κ2) is 16.8. The first-order valence-corrected chi connectivity index (χ1v) is 18.8. The molecule has 0 radical (unpaired) electrons. The highest BCUT2D eigenvalue weighted by atomic mass is 19.1. The van der Waals surface area contributed by atoms with Gasteiger partial charge >= 0.3 is 0 Å². The predicted molar refractivity (Wildman–Crippen MR) is 230 cm³/mol. The lowest BCUT2D eigenvalue weighted by molar-refractivity contribution is 0.606. The normalized spacial score (nSPS) is 14.7. The Hall–Kier alpha value is -7.37. The largest absolute Gasteiger partial charge is 0.455 e. The molecule has 5 nitrogen and oxygen atoms in total. The van der Waals surface area contributed by atoms with E-state index in [-0.39, 0.29) is 64.0 Å². The lowest BCUT2D eigenvalue weighted by Gasteiger charge is -2.12. The van der Waals surface area contributed by atoms with Crippen molar-refractivity contribution >= 4 is 21.9 Å². The Morgan fingerprint density at radius 1 is 0.583 bits per heavy atom. The molecule has 9 aromatic rings. The van der Waals surface area contributed by atoms with Crippen LogP contribution in [0.25, 0.3) is 55.7 Å². The van der Waals surface area contributed by atoms with Crippen LogP contribution in [0.4, 0.5) is 13.2 Å². The van der Waals surface area contributed by atoms with Crippen molar-refractivity contribution in [1.29, 1.82) is 5.26 Å². The Bertz CT molecular complexity index is 3390. The fraction of sp³-hybridized carbons (Fsp3) is 0.115. The maximum atomic E-state index is 16.5. The third-order valence-corrected chi connectivity index (χ3v) is 9.79. The molecule has 5 aromatic carbocycles. The van der Waals surface area contributed by atoms with Gasteiger partial charge in [0.1, 0.15) is 28.6 Å². The van der Waals surface area contributed by atoms with Gasteiger partial charge in [-0.15, -0.1) is 0 Å². The van der Waals surface area contributed by atoms with Gasteiger partial charge < -0.3 is 4.42 Å². The maximum absolute atomic E-state index is 16.5. The highest BCUT2D eigenvalue weighted by Gasteiger charge is 2.16. The van der Waals surface area contributed by atoms with E-state index < -0.39 is 54.1 Å². The number of rotatable bonds is 12. The third kappa shape index (κ3) is 8.43. The zero-order chi connectivity index (χ0) is 49.9. The number of pyridine rings is 3. The van der Waals surface area contributed by atoms with Crippen molar-refractivity contribution in [1.82, 2.24) is 15.0 Å². The van der Waals surface area contributed by atoms with Gasteiger partial charge in [0.2, 0.25) is 0 Å². The van der Waals surface area contributed by atoms with Gasteiger partial charge in [-0.2, -0.15) is 5.26 Å². The standard InChI is InChI=1S/C52H37F3N4O/c53-42-17-13-39(14-18-42)48-22-10-33(30-57-48)4-6-35-24-36(7-5-34-11-23-49(58-31-34)40-15-19-43(54)20-16-40)26-37(25-35)8-12-41-32-59-50(28-47(41)55)46-3-1-2-45-44-21-9-38(29-56)27-51(44)60-52(45)46/h1-3,9-11,13-28,30-32H,4-8,12H2/i6D2,7D2,8D2,9D,12D2,27D. The van der Waals surface area contributed by atoms with E-state index in [0.29, 0.717) is 44.4 Å². The Balaban J connectivity index is 1.08. The van der Waals surface area contributed by atoms with Crippen LogP contribution in [0.5, 0.6) is 0 Å². The molecule has 8 heteroatoms. The molecule has 0 aliphatic carbocycles. The molecule has 0 aliphatic rings. The van der Waals surface area contributed by atoms with Crippen LogP contribution >= 0.6 is 0 Å². The van der Waals surface area contributed by atoms with Crippen molar-refractivity contribution in [2.24, 2.45) is 0 Å². The smallest absolute Gasteiger partial charge is 0.144 e. The topological polar surface area (TPSA) is 75.6 Å². The molecule has 0 N–H and O–H groups in total. The number of halogens is 3. The van der Waals surface area contributed by atoms with Gasteiger partial charge in [0.15, 0.2) is 0 Å². The first-order valence-electron chi connectivity index (χ1n) is 23.8. The van der Waals surface area contributed by atoms with E-state index in [1.165, 1.54) is 48.8 Å². The van der Waals surface area contributed by atoms with Crippen LogP contribution in [-0.2, 0) is 38.3 Å². The van der Waals surface area contributed by atoms with Crippen LogP contribution < -0.4 is 0 Å². The molecule has 9 rings (SSSR count). The maximum Gasteiger partial charge on any atom is 0.144 e. The second-order valence-electron chi connectivity index (χ2n) is 13.9. The van der Waals surface area contributed by atoms with Crippen molar-refractivity contribution in [3.63, 3.8) is 0 Å². The van der Waals surface area contributed by atoms with Crippen LogP contribution in [0.1, 0.15) is 52.7 Å². The molecule has 0 fully saturated rings. The van der Waals surface area contributed by atoms with Crippen molar-refractivity contribution in [2.75, 3.05) is 0 Å². The Morgan fingerprint density at radius 3 is 1.72 bits per heavy atom. The summed E-state index contributed by atoms with van der Waals surface area (Å²) >= 11 is 0. The van der Waals surface area contributed by atoms with E-state index in [1.807, 2.05) is 6.07 Å². The van der Waals surface area contributed by atoms with Gasteiger partial charge in [-0.05, 0) is 151 Å². The molecule has 0 bridgehead atoms. The summed E-state index contributed by atoms with van der Waals surface area (Å²) < 4.78 is 141. The van der Waals surface area contributed by atoms with E-state index >= 15 is 4.39 Å². The van der Waals surface area contributed by atoms with Gasteiger partial charge in [-0.1, -0.05) is 42.5 Å². The molecule has 0 atom stereocenters. The first-order chi connectivity index (χ1) is 33.2. The van der Waals surface area contributed by atoms with E-state index in [0.717, 1.165) is 24.4 Å². The molecule has 0 amide bonds.